The van der Waals surface area contributed by atoms with Gasteiger partial charge in [-0.3, -0.25) is 4.79 Å². The summed E-state index contributed by atoms with van der Waals surface area (Å²) < 4.78 is 0. The SMILES string of the molecule is CCCCCCCCCCCCCCCCCCNC(=O)N(N)C(=O)c1ccc(O)cc1. The number of hydrogen-bond acceptors (Lipinski definition) is 4. The Bertz CT molecular complexity index is 619. The number of nitrogens with two attached hydrogens (primary N) is 1. The molecule has 0 aliphatic rings. The molecule has 0 spiro atoms. The van der Waals surface area contributed by atoms with E-state index in [0.717, 1.165) is 12.8 Å². The number of carbonyl (C=O) groups is 2. The lowest BCUT2D eigenvalue weighted by molar-refractivity contribution is 0.0800. The molecule has 0 atom stereocenters. The zero-order valence-electron chi connectivity index (χ0n) is 20.1. The quantitative estimate of drug-likeness (QED) is 0.101. The van der Waals surface area contributed by atoms with Crippen molar-refractivity contribution in [2.24, 2.45) is 5.84 Å². The first-order valence-corrected chi connectivity index (χ1v) is 12.7. The van der Waals surface area contributed by atoms with E-state index in [0.29, 0.717) is 11.6 Å². The first-order chi connectivity index (χ1) is 15.6. The summed E-state index contributed by atoms with van der Waals surface area (Å²) in [5.74, 6) is 5.06. The van der Waals surface area contributed by atoms with Gasteiger partial charge in [-0.05, 0) is 30.7 Å². The first-order valence-electron chi connectivity index (χ1n) is 12.7. The van der Waals surface area contributed by atoms with Crippen molar-refractivity contribution in [2.75, 3.05) is 6.54 Å². The van der Waals surface area contributed by atoms with Gasteiger partial charge in [0.05, 0.1) is 0 Å². The largest absolute Gasteiger partial charge is 0.508 e. The van der Waals surface area contributed by atoms with Gasteiger partial charge in [0.1, 0.15) is 5.75 Å². The van der Waals surface area contributed by atoms with Gasteiger partial charge >= 0.3 is 6.03 Å². The number of imide groups is 1. The Labute approximate surface area is 194 Å². The van der Waals surface area contributed by atoms with Crippen LogP contribution in [-0.4, -0.2) is 28.6 Å². The number of unbranched alkanes of at least 4 members (excludes halogenated alkanes) is 15. The number of phenols is 1. The van der Waals surface area contributed by atoms with Crippen LogP contribution in [0.2, 0.25) is 0 Å². The molecule has 0 fully saturated rings. The highest BCUT2D eigenvalue weighted by atomic mass is 16.3. The maximum absolute atomic E-state index is 12.1. The van der Waals surface area contributed by atoms with Crippen LogP contribution in [0.4, 0.5) is 4.79 Å². The minimum Gasteiger partial charge on any atom is -0.508 e. The minimum atomic E-state index is -0.607. The Hall–Kier alpha value is -2.08. The number of benzene rings is 1. The summed E-state index contributed by atoms with van der Waals surface area (Å²) in [6.45, 7) is 2.77. The van der Waals surface area contributed by atoms with Crippen LogP contribution in [0, 0.1) is 0 Å². The van der Waals surface area contributed by atoms with Gasteiger partial charge in [0, 0.05) is 12.1 Å². The summed E-state index contributed by atoms with van der Waals surface area (Å²) in [7, 11) is 0. The van der Waals surface area contributed by atoms with E-state index in [4.69, 9.17) is 5.84 Å². The van der Waals surface area contributed by atoms with Gasteiger partial charge in [-0.2, -0.15) is 5.01 Å². The van der Waals surface area contributed by atoms with Gasteiger partial charge in [-0.15, -0.1) is 0 Å². The van der Waals surface area contributed by atoms with E-state index >= 15 is 0 Å². The van der Waals surface area contributed by atoms with Crippen molar-refractivity contribution < 1.29 is 14.7 Å². The third-order valence-electron chi connectivity index (χ3n) is 5.86. The molecule has 6 heteroatoms. The normalized spacial score (nSPS) is 10.8. The van der Waals surface area contributed by atoms with Crippen molar-refractivity contribution >= 4 is 11.9 Å². The van der Waals surface area contributed by atoms with E-state index in [1.807, 2.05) is 0 Å². The summed E-state index contributed by atoms with van der Waals surface area (Å²) in [4.78, 5) is 24.1. The number of rotatable bonds is 18. The summed E-state index contributed by atoms with van der Waals surface area (Å²) in [6, 6.07) is 5.02. The molecule has 0 bridgehead atoms. The summed E-state index contributed by atoms with van der Waals surface area (Å²) in [5, 5.41) is 12.5. The molecular weight excluding hydrogens is 402 g/mol. The second-order valence-electron chi connectivity index (χ2n) is 8.76. The molecule has 0 aromatic heterocycles. The number of urea groups is 1. The number of phenolic OH excluding ortho intramolecular Hbond substituents is 1. The molecule has 0 saturated carbocycles. The first kappa shape index (κ1) is 28.0. The van der Waals surface area contributed by atoms with E-state index in [-0.39, 0.29) is 11.3 Å². The van der Waals surface area contributed by atoms with Gasteiger partial charge in [0.2, 0.25) is 0 Å². The molecule has 0 heterocycles. The highest BCUT2D eigenvalue weighted by Gasteiger charge is 2.18. The third kappa shape index (κ3) is 13.4. The molecule has 0 radical (unpaired) electrons. The second kappa shape index (κ2) is 18.5. The maximum Gasteiger partial charge on any atom is 0.338 e. The van der Waals surface area contributed by atoms with Crippen molar-refractivity contribution in [3.05, 3.63) is 29.8 Å². The number of hydrogen-bond donors (Lipinski definition) is 3. The smallest absolute Gasteiger partial charge is 0.338 e. The van der Waals surface area contributed by atoms with Crippen LogP contribution in [0.5, 0.6) is 5.75 Å². The number of nitrogens with one attached hydrogen (secondary N) is 1. The van der Waals surface area contributed by atoms with Gasteiger partial charge in [-0.25, -0.2) is 10.6 Å². The molecule has 182 valence electrons. The van der Waals surface area contributed by atoms with Crippen LogP contribution < -0.4 is 11.2 Å². The molecular formula is C26H45N3O3. The fourth-order valence-corrected chi connectivity index (χ4v) is 3.79. The van der Waals surface area contributed by atoms with Crippen LogP contribution in [-0.2, 0) is 0 Å². The average molecular weight is 448 g/mol. The lowest BCUT2D eigenvalue weighted by Gasteiger charge is -2.15. The molecule has 1 aromatic carbocycles. The summed E-state index contributed by atoms with van der Waals surface area (Å²) >= 11 is 0. The molecule has 6 nitrogen and oxygen atoms in total. The Morgan fingerprint density at radius 2 is 1.16 bits per heavy atom. The lowest BCUT2D eigenvalue weighted by Crippen LogP contribution is -2.48. The molecule has 1 rings (SSSR count). The summed E-state index contributed by atoms with van der Waals surface area (Å²) in [5.41, 5.74) is 0.253. The van der Waals surface area contributed by atoms with Crippen molar-refractivity contribution in [1.82, 2.24) is 10.3 Å². The highest BCUT2D eigenvalue weighted by molar-refractivity contribution is 6.03. The number of amides is 3. The zero-order valence-corrected chi connectivity index (χ0v) is 20.1. The van der Waals surface area contributed by atoms with Crippen LogP contribution in [0.3, 0.4) is 0 Å². The Balaban J connectivity index is 1.90. The van der Waals surface area contributed by atoms with Gasteiger partial charge in [-0.1, -0.05) is 103 Å². The van der Waals surface area contributed by atoms with Crippen LogP contribution in [0.25, 0.3) is 0 Å². The van der Waals surface area contributed by atoms with Gasteiger partial charge in [0.25, 0.3) is 5.91 Å². The molecule has 0 saturated heterocycles. The van der Waals surface area contributed by atoms with Gasteiger partial charge < -0.3 is 10.4 Å². The molecule has 3 amide bonds. The molecule has 4 N–H and O–H groups in total. The molecule has 0 aliphatic carbocycles. The van der Waals surface area contributed by atoms with E-state index in [9.17, 15) is 14.7 Å². The number of nitrogens with zero attached hydrogens (tertiary/aromatic N) is 1. The van der Waals surface area contributed by atoms with E-state index in [1.165, 1.54) is 114 Å². The van der Waals surface area contributed by atoms with Crippen LogP contribution in [0.1, 0.15) is 120 Å². The fraction of sp³-hybridized carbons (Fsp3) is 0.692. The summed E-state index contributed by atoms with van der Waals surface area (Å²) in [6.07, 6.45) is 20.9. The van der Waals surface area contributed by atoms with Gasteiger partial charge in [0.15, 0.2) is 0 Å². The van der Waals surface area contributed by atoms with E-state index in [1.54, 1.807) is 0 Å². The second-order valence-corrected chi connectivity index (χ2v) is 8.76. The van der Waals surface area contributed by atoms with Crippen molar-refractivity contribution in [3.8, 4) is 5.75 Å². The van der Waals surface area contributed by atoms with E-state index < -0.39 is 11.9 Å². The van der Waals surface area contributed by atoms with Crippen molar-refractivity contribution in [2.45, 2.75) is 110 Å². The van der Waals surface area contributed by atoms with Crippen molar-refractivity contribution in [1.29, 1.82) is 0 Å². The predicted octanol–water partition coefficient (Wildman–Crippen LogP) is 6.68. The minimum absolute atomic E-state index is 0.0538. The number of aromatic hydroxyl groups is 1. The number of carbonyl (C=O) groups excluding carboxylic acids is 2. The Morgan fingerprint density at radius 3 is 1.59 bits per heavy atom. The number of hydrazine groups is 1. The van der Waals surface area contributed by atoms with Crippen LogP contribution >= 0.6 is 0 Å². The Morgan fingerprint density at radius 1 is 0.750 bits per heavy atom. The predicted molar refractivity (Wildman–Crippen MR) is 131 cm³/mol. The third-order valence-corrected chi connectivity index (χ3v) is 5.86. The molecule has 1 aromatic rings. The zero-order chi connectivity index (χ0) is 23.4. The standard InChI is InChI=1S/C26H45N3O3/c1-2-3-4-5-6-7-8-9-10-11-12-13-14-15-16-17-22-28-26(32)29(27)25(31)23-18-20-24(30)21-19-23/h18-21,30H,2-17,22,27H2,1H3,(H,28,32). The average Bonchev–Trinajstić information content (AvgIpc) is 2.80. The topological polar surface area (TPSA) is 95.7 Å². The Kier molecular flexibility index (Phi) is 16.1. The highest BCUT2D eigenvalue weighted by Crippen LogP contribution is 2.14. The lowest BCUT2D eigenvalue weighted by atomic mass is 10.0. The maximum atomic E-state index is 12.1. The molecule has 0 unspecified atom stereocenters. The molecule has 32 heavy (non-hydrogen) atoms. The fourth-order valence-electron chi connectivity index (χ4n) is 3.79. The van der Waals surface area contributed by atoms with Crippen LogP contribution in [0.15, 0.2) is 24.3 Å². The monoisotopic (exact) mass is 447 g/mol. The van der Waals surface area contributed by atoms with Crippen molar-refractivity contribution in [3.63, 3.8) is 0 Å². The molecule has 0 aliphatic heterocycles. The van der Waals surface area contributed by atoms with E-state index in [2.05, 4.69) is 12.2 Å².